The molecule has 1 amide bonds. The van der Waals surface area contributed by atoms with Crippen LogP contribution in [0.1, 0.15) is 10.4 Å². The zero-order chi connectivity index (χ0) is 12.0. The largest absolute Gasteiger partial charge is 0.383 e. The van der Waals surface area contributed by atoms with E-state index in [9.17, 15) is 4.79 Å². The number of nitrogens with two attached hydrogens (primary N) is 2. The van der Waals surface area contributed by atoms with E-state index >= 15 is 0 Å². The lowest BCUT2D eigenvalue weighted by atomic mass is 10.2. The van der Waals surface area contributed by atoms with Gasteiger partial charge in [0.2, 0.25) is 5.91 Å². The van der Waals surface area contributed by atoms with Crippen LogP contribution >= 0.6 is 0 Å². The Labute approximate surface area is 94.0 Å². The first-order chi connectivity index (χ1) is 7.67. The summed E-state index contributed by atoms with van der Waals surface area (Å²) in [6.45, 7) is 0.933. The highest BCUT2D eigenvalue weighted by molar-refractivity contribution is 5.92. The van der Waals surface area contributed by atoms with Gasteiger partial charge in [0, 0.05) is 19.9 Å². The predicted molar refractivity (Wildman–Crippen MR) is 61.1 cm³/mol. The average Bonchev–Trinajstić information content (AvgIpc) is 2.29. The van der Waals surface area contributed by atoms with Crippen molar-refractivity contribution < 1.29 is 9.53 Å². The summed E-state index contributed by atoms with van der Waals surface area (Å²) >= 11 is 0. The van der Waals surface area contributed by atoms with Crippen LogP contribution in [0.3, 0.4) is 0 Å². The Hall–Kier alpha value is -1.66. The third-order valence-electron chi connectivity index (χ3n) is 2.05. The molecular weight excluding hydrogens is 208 g/mol. The number of pyridine rings is 1. The summed E-state index contributed by atoms with van der Waals surface area (Å²) in [5.41, 5.74) is 11.0. The first-order valence-corrected chi connectivity index (χ1v) is 4.88. The number of hydrogen-bond donors (Lipinski definition) is 3. The quantitative estimate of drug-likeness (QED) is 0.608. The van der Waals surface area contributed by atoms with E-state index in [-0.39, 0.29) is 6.04 Å². The maximum Gasteiger partial charge on any atom is 0.250 e. The van der Waals surface area contributed by atoms with Crippen LogP contribution in [0.2, 0.25) is 0 Å². The van der Waals surface area contributed by atoms with Gasteiger partial charge in [0.15, 0.2) is 0 Å². The van der Waals surface area contributed by atoms with Crippen molar-refractivity contribution in [2.45, 2.75) is 6.04 Å². The molecule has 0 saturated heterocycles. The Kier molecular flexibility index (Phi) is 4.68. The van der Waals surface area contributed by atoms with Crippen molar-refractivity contribution in [3.05, 3.63) is 23.9 Å². The summed E-state index contributed by atoms with van der Waals surface area (Å²) < 4.78 is 4.98. The number of hydrogen-bond acceptors (Lipinski definition) is 5. The van der Waals surface area contributed by atoms with E-state index in [0.29, 0.717) is 24.5 Å². The topological polar surface area (TPSA) is 103 Å². The van der Waals surface area contributed by atoms with Gasteiger partial charge in [-0.1, -0.05) is 0 Å². The van der Waals surface area contributed by atoms with Gasteiger partial charge >= 0.3 is 0 Å². The number of nitrogens with zero attached hydrogens (tertiary/aromatic N) is 1. The second kappa shape index (κ2) is 6.04. The zero-order valence-corrected chi connectivity index (χ0v) is 9.14. The smallest absolute Gasteiger partial charge is 0.250 e. The molecule has 0 aliphatic carbocycles. The molecule has 16 heavy (non-hydrogen) atoms. The number of aromatic nitrogens is 1. The number of carbonyl (C=O) groups is 1. The van der Waals surface area contributed by atoms with E-state index in [1.165, 1.54) is 6.20 Å². The lowest BCUT2D eigenvalue weighted by molar-refractivity contribution is 0.1000. The normalized spacial score (nSPS) is 12.1. The SMILES string of the molecule is COCC(CN)Nc1ccc(C(N)=O)cn1. The molecule has 1 aromatic heterocycles. The van der Waals surface area contributed by atoms with Gasteiger partial charge < -0.3 is 21.5 Å². The molecule has 0 fully saturated rings. The lowest BCUT2D eigenvalue weighted by Gasteiger charge is -2.16. The molecule has 0 bridgehead atoms. The molecule has 0 saturated carbocycles. The predicted octanol–water partition coefficient (Wildman–Crippen LogP) is -0.434. The second-order valence-electron chi connectivity index (χ2n) is 3.33. The van der Waals surface area contributed by atoms with Crippen molar-refractivity contribution in [3.8, 4) is 0 Å². The number of ether oxygens (including phenoxy) is 1. The van der Waals surface area contributed by atoms with E-state index in [4.69, 9.17) is 16.2 Å². The Morgan fingerprint density at radius 1 is 1.62 bits per heavy atom. The highest BCUT2D eigenvalue weighted by Gasteiger charge is 2.07. The number of nitrogens with one attached hydrogen (secondary N) is 1. The molecule has 5 N–H and O–H groups in total. The fraction of sp³-hybridized carbons (Fsp3) is 0.400. The van der Waals surface area contributed by atoms with E-state index in [2.05, 4.69) is 10.3 Å². The van der Waals surface area contributed by atoms with Crippen molar-refractivity contribution >= 4 is 11.7 Å². The fourth-order valence-electron chi connectivity index (χ4n) is 1.20. The molecule has 0 radical (unpaired) electrons. The molecule has 1 heterocycles. The highest BCUT2D eigenvalue weighted by atomic mass is 16.5. The van der Waals surface area contributed by atoms with Gasteiger partial charge in [-0.05, 0) is 12.1 Å². The molecule has 1 unspecified atom stereocenters. The highest BCUT2D eigenvalue weighted by Crippen LogP contribution is 2.06. The van der Waals surface area contributed by atoms with Gasteiger partial charge in [-0.25, -0.2) is 4.98 Å². The third kappa shape index (κ3) is 3.48. The molecule has 6 nitrogen and oxygen atoms in total. The Morgan fingerprint density at radius 2 is 2.38 bits per heavy atom. The van der Waals surface area contributed by atoms with E-state index in [1.807, 2.05) is 0 Å². The van der Waals surface area contributed by atoms with Crippen molar-refractivity contribution in [3.63, 3.8) is 0 Å². The number of rotatable bonds is 6. The van der Waals surface area contributed by atoms with Crippen LogP contribution in [0.25, 0.3) is 0 Å². The summed E-state index contributed by atoms with van der Waals surface area (Å²) in [6, 6.07) is 3.29. The van der Waals surface area contributed by atoms with Crippen molar-refractivity contribution in [1.29, 1.82) is 0 Å². The lowest BCUT2D eigenvalue weighted by Crippen LogP contribution is -2.33. The number of anilines is 1. The van der Waals surface area contributed by atoms with Crippen molar-refractivity contribution in [2.24, 2.45) is 11.5 Å². The molecule has 88 valence electrons. The fourth-order valence-corrected chi connectivity index (χ4v) is 1.20. The van der Waals surface area contributed by atoms with Crippen LogP contribution in [-0.4, -0.2) is 37.2 Å². The summed E-state index contributed by atoms with van der Waals surface area (Å²) in [5.74, 6) is 0.142. The standard InChI is InChI=1S/C10H16N4O2/c1-16-6-8(4-11)14-9-3-2-7(5-13-9)10(12)15/h2-3,5,8H,4,6,11H2,1H3,(H2,12,15)(H,13,14). The summed E-state index contributed by atoms with van der Waals surface area (Å²) in [4.78, 5) is 14.9. The zero-order valence-electron chi connectivity index (χ0n) is 9.14. The third-order valence-corrected chi connectivity index (χ3v) is 2.05. The molecule has 1 aromatic rings. The molecule has 0 aliphatic rings. The summed E-state index contributed by atoms with van der Waals surface area (Å²) in [7, 11) is 1.61. The van der Waals surface area contributed by atoms with E-state index in [0.717, 1.165) is 0 Å². The monoisotopic (exact) mass is 224 g/mol. The van der Waals surface area contributed by atoms with Gasteiger partial charge in [0.25, 0.3) is 0 Å². The van der Waals surface area contributed by atoms with Crippen LogP contribution in [0.5, 0.6) is 0 Å². The van der Waals surface area contributed by atoms with E-state index < -0.39 is 5.91 Å². The minimum Gasteiger partial charge on any atom is -0.383 e. The molecule has 1 rings (SSSR count). The molecule has 6 heteroatoms. The van der Waals surface area contributed by atoms with Gasteiger partial charge in [0.05, 0.1) is 18.2 Å². The Balaban J connectivity index is 2.63. The first kappa shape index (κ1) is 12.4. The van der Waals surface area contributed by atoms with Crippen LogP contribution in [0, 0.1) is 0 Å². The first-order valence-electron chi connectivity index (χ1n) is 4.88. The maximum absolute atomic E-state index is 10.8. The number of primary amides is 1. The molecule has 0 aliphatic heterocycles. The van der Waals surface area contributed by atoms with Gasteiger partial charge in [-0.2, -0.15) is 0 Å². The second-order valence-corrected chi connectivity index (χ2v) is 3.33. The Bertz CT molecular complexity index is 339. The number of carbonyl (C=O) groups excluding carboxylic acids is 1. The van der Waals surface area contributed by atoms with Crippen molar-refractivity contribution in [1.82, 2.24) is 4.98 Å². The maximum atomic E-state index is 10.8. The number of amides is 1. The van der Waals surface area contributed by atoms with E-state index in [1.54, 1.807) is 19.2 Å². The van der Waals surface area contributed by atoms with Crippen LogP contribution in [0.15, 0.2) is 18.3 Å². The van der Waals surface area contributed by atoms with Gasteiger partial charge in [-0.3, -0.25) is 4.79 Å². The van der Waals surface area contributed by atoms with Gasteiger partial charge in [0.1, 0.15) is 5.82 Å². The van der Waals surface area contributed by atoms with Crippen LogP contribution in [-0.2, 0) is 4.74 Å². The summed E-state index contributed by atoms with van der Waals surface area (Å²) in [6.07, 6.45) is 1.42. The summed E-state index contributed by atoms with van der Waals surface area (Å²) in [5, 5.41) is 3.08. The molecular formula is C10H16N4O2. The molecule has 1 atom stereocenters. The average molecular weight is 224 g/mol. The minimum atomic E-state index is -0.494. The Morgan fingerprint density at radius 3 is 2.81 bits per heavy atom. The van der Waals surface area contributed by atoms with Crippen LogP contribution in [0.4, 0.5) is 5.82 Å². The van der Waals surface area contributed by atoms with Crippen molar-refractivity contribution in [2.75, 3.05) is 25.6 Å². The molecule has 0 aromatic carbocycles. The minimum absolute atomic E-state index is 0.00284. The number of methoxy groups -OCH3 is 1. The van der Waals surface area contributed by atoms with Crippen LogP contribution < -0.4 is 16.8 Å². The van der Waals surface area contributed by atoms with Gasteiger partial charge in [-0.15, -0.1) is 0 Å². The molecule has 0 spiro atoms.